The summed E-state index contributed by atoms with van der Waals surface area (Å²) in [6.45, 7) is 6.35. The molecule has 0 radical (unpaired) electrons. The number of carboxylic acids is 1. The van der Waals surface area contributed by atoms with Crippen molar-refractivity contribution in [2.75, 3.05) is 13.1 Å². The Balaban J connectivity index is 2.23. The molecule has 1 fully saturated rings. The van der Waals surface area contributed by atoms with E-state index in [-0.39, 0.29) is 24.5 Å². The minimum atomic E-state index is -0.796. The van der Waals surface area contributed by atoms with Crippen molar-refractivity contribution in [2.45, 2.75) is 44.7 Å². The largest absolute Gasteiger partial charge is 0.480 e. The van der Waals surface area contributed by atoms with Crippen molar-refractivity contribution in [2.24, 2.45) is 0 Å². The van der Waals surface area contributed by atoms with E-state index in [1.165, 1.54) is 0 Å². The van der Waals surface area contributed by atoms with E-state index in [9.17, 15) is 9.59 Å². The summed E-state index contributed by atoms with van der Waals surface area (Å²) >= 11 is 0. The molecule has 0 heterocycles. The molecule has 102 valence electrons. The van der Waals surface area contributed by atoms with E-state index < -0.39 is 5.97 Å². The fraction of sp³-hybridized carbons (Fsp3) is 0.692. The number of carbonyl (C=O) groups is 2. The van der Waals surface area contributed by atoms with Gasteiger partial charge in [0, 0.05) is 18.5 Å². The van der Waals surface area contributed by atoms with Crippen LogP contribution in [0.15, 0.2) is 12.7 Å². The minimum Gasteiger partial charge on any atom is -0.480 e. The van der Waals surface area contributed by atoms with Crippen LogP contribution in [0.4, 0.5) is 0 Å². The number of carboxylic acid groups (broad SMARTS) is 1. The monoisotopic (exact) mass is 254 g/mol. The number of rotatable bonds is 8. The van der Waals surface area contributed by atoms with Gasteiger partial charge < -0.3 is 10.4 Å². The van der Waals surface area contributed by atoms with Crippen molar-refractivity contribution in [3.8, 4) is 0 Å². The van der Waals surface area contributed by atoms with Gasteiger partial charge in [-0.25, -0.2) is 0 Å². The van der Waals surface area contributed by atoms with Gasteiger partial charge in [-0.3, -0.25) is 14.5 Å². The highest BCUT2D eigenvalue weighted by molar-refractivity contribution is 5.76. The van der Waals surface area contributed by atoms with Crippen molar-refractivity contribution in [1.29, 1.82) is 0 Å². The predicted octanol–water partition coefficient (Wildman–Crippen LogP) is 1.01. The third kappa shape index (κ3) is 4.49. The van der Waals surface area contributed by atoms with Gasteiger partial charge in [-0.15, -0.1) is 6.58 Å². The van der Waals surface area contributed by atoms with Crippen LogP contribution in [-0.4, -0.2) is 47.1 Å². The topological polar surface area (TPSA) is 69.6 Å². The molecule has 1 aliphatic rings. The number of amides is 1. The molecule has 1 saturated carbocycles. The number of nitrogens with one attached hydrogen (secondary N) is 1. The number of hydrogen-bond acceptors (Lipinski definition) is 3. The Hall–Kier alpha value is -1.36. The summed E-state index contributed by atoms with van der Waals surface area (Å²) in [6, 6.07) is 0.492. The van der Waals surface area contributed by atoms with Gasteiger partial charge in [0.15, 0.2) is 0 Å². The Morgan fingerprint density at radius 3 is 2.67 bits per heavy atom. The minimum absolute atomic E-state index is 0.0552. The summed E-state index contributed by atoms with van der Waals surface area (Å²) < 4.78 is 0. The molecule has 0 aromatic heterocycles. The molecular formula is C13H22N2O3. The second kappa shape index (κ2) is 7.16. The van der Waals surface area contributed by atoms with Crippen molar-refractivity contribution >= 4 is 11.9 Å². The summed E-state index contributed by atoms with van der Waals surface area (Å²) in [4.78, 5) is 24.1. The summed E-state index contributed by atoms with van der Waals surface area (Å²) in [5.74, 6) is -0.741. The van der Waals surface area contributed by atoms with Crippen LogP contribution in [0.1, 0.15) is 32.6 Å². The second-order valence-corrected chi connectivity index (χ2v) is 4.67. The molecule has 0 unspecified atom stereocenters. The molecule has 1 rings (SSSR count). The van der Waals surface area contributed by atoms with Crippen molar-refractivity contribution in [3.05, 3.63) is 12.7 Å². The van der Waals surface area contributed by atoms with Gasteiger partial charge in [0.1, 0.15) is 0 Å². The summed E-state index contributed by atoms with van der Waals surface area (Å²) in [5, 5.41) is 11.7. The molecule has 0 aromatic rings. The van der Waals surface area contributed by atoms with Crippen LogP contribution < -0.4 is 5.32 Å². The first-order valence-electron chi connectivity index (χ1n) is 6.42. The first-order valence-corrected chi connectivity index (χ1v) is 6.42. The van der Waals surface area contributed by atoms with Gasteiger partial charge in [-0.2, -0.15) is 0 Å². The zero-order valence-electron chi connectivity index (χ0n) is 10.9. The van der Waals surface area contributed by atoms with Crippen LogP contribution in [0.3, 0.4) is 0 Å². The molecule has 0 saturated heterocycles. The lowest BCUT2D eigenvalue weighted by atomic mass is 9.85. The van der Waals surface area contributed by atoms with Crippen LogP contribution >= 0.6 is 0 Å². The fourth-order valence-corrected chi connectivity index (χ4v) is 2.21. The van der Waals surface area contributed by atoms with Gasteiger partial charge in [-0.1, -0.05) is 13.0 Å². The first-order chi connectivity index (χ1) is 8.56. The Morgan fingerprint density at radius 2 is 2.17 bits per heavy atom. The summed E-state index contributed by atoms with van der Waals surface area (Å²) in [6.07, 6.45) is 4.61. The Labute approximate surface area is 108 Å². The Bertz CT molecular complexity index is 311. The summed E-state index contributed by atoms with van der Waals surface area (Å²) in [5.41, 5.74) is 0. The van der Waals surface area contributed by atoms with E-state index in [2.05, 4.69) is 11.9 Å². The molecule has 5 nitrogen and oxygen atoms in total. The zero-order chi connectivity index (χ0) is 13.5. The average molecular weight is 254 g/mol. The number of aliphatic carboxylic acids is 1. The lowest BCUT2D eigenvalue weighted by molar-refractivity contribution is -0.139. The molecule has 0 aromatic carbocycles. The highest BCUT2D eigenvalue weighted by atomic mass is 16.4. The Morgan fingerprint density at radius 1 is 1.50 bits per heavy atom. The lowest BCUT2D eigenvalue weighted by Crippen LogP contribution is -2.54. The maximum absolute atomic E-state index is 11.5. The number of hydrogen-bond donors (Lipinski definition) is 2. The quantitative estimate of drug-likeness (QED) is 0.634. The van der Waals surface area contributed by atoms with E-state index >= 15 is 0 Å². The highest BCUT2D eigenvalue weighted by Gasteiger charge is 2.34. The molecule has 0 atom stereocenters. The lowest BCUT2D eigenvalue weighted by Gasteiger charge is -2.42. The number of likely N-dealkylation sites (N-methyl/N-ethyl adjacent to an activating group) is 1. The average Bonchev–Trinajstić information content (AvgIpc) is 2.27. The molecule has 1 amide bonds. The SMILES string of the molecule is C=CCCC(=O)NC1CC(N(CC)CC(=O)O)C1. The van der Waals surface area contributed by atoms with Crippen LogP contribution in [0, 0.1) is 0 Å². The smallest absolute Gasteiger partial charge is 0.317 e. The molecule has 1 aliphatic carbocycles. The predicted molar refractivity (Wildman–Crippen MR) is 69.3 cm³/mol. The van der Waals surface area contributed by atoms with E-state index in [1.807, 2.05) is 11.8 Å². The number of carbonyl (C=O) groups excluding carboxylic acids is 1. The molecule has 18 heavy (non-hydrogen) atoms. The van der Waals surface area contributed by atoms with E-state index in [0.717, 1.165) is 19.4 Å². The number of nitrogens with zero attached hydrogens (tertiary/aromatic N) is 1. The maximum atomic E-state index is 11.5. The van der Waals surface area contributed by atoms with Gasteiger partial charge in [0.2, 0.25) is 5.91 Å². The van der Waals surface area contributed by atoms with Crippen molar-refractivity contribution in [3.63, 3.8) is 0 Å². The van der Waals surface area contributed by atoms with Gasteiger partial charge in [0.05, 0.1) is 6.54 Å². The van der Waals surface area contributed by atoms with Crippen LogP contribution in [0.25, 0.3) is 0 Å². The van der Waals surface area contributed by atoms with E-state index in [0.29, 0.717) is 12.8 Å². The third-order valence-corrected chi connectivity index (χ3v) is 3.31. The molecule has 5 heteroatoms. The molecule has 0 spiro atoms. The van der Waals surface area contributed by atoms with Gasteiger partial charge in [-0.05, 0) is 25.8 Å². The fourth-order valence-electron chi connectivity index (χ4n) is 2.21. The van der Waals surface area contributed by atoms with Crippen LogP contribution in [0.2, 0.25) is 0 Å². The second-order valence-electron chi connectivity index (χ2n) is 4.67. The molecule has 0 aliphatic heterocycles. The molecular weight excluding hydrogens is 232 g/mol. The van der Waals surface area contributed by atoms with Gasteiger partial charge >= 0.3 is 5.97 Å². The van der Waals surface area contributed by atoms with Crippen LogP contribution in [-0.2, 0) is 9.59 Å². The van der Waals surface area contributed by atoms with E-state index in [4.69, 9.17) is 5.11 Å². The van der Waals surface area contributed by atoms with Crippen LogP contribution in [0.5, 0.6) is 0 Å². The highest BCUT2D eigenvalue weighted by Crippen LogP contribution is 2.25. The standard InChI is InChI=1S/C13H22N2O3/c1-3-5-6-12(16)14-10-7-11(8-10)15(4-2)9-13(17)18/h3,10-11H,1,4-9H2,2H3,(H,14,16)(H,17,18). The number of allylic oxidation sites excluding steroid dienone is 1. The van der Waals surface area contributed by atoms with Crippen molar-refractivity contribution in [1.82, 2.24) is 10.2 Å². The third-order valence-electron chi connectivity index (χ3n) is 3.31. The van der Waals surface area contributed by atoms with Crippen molar-refractivity contribution < 1.29 is 14.7 Å². The summed E-state index contributed by atoms with van der Waals surface area (Å²) in [7, 11) is 0. The normalized spacial score (nSPS) is 22.3. The first kappa shape index (κ1) is 14.7. The van der Waals surface area contributed by atoms with E-state index in [1.54, 1.807) is 6.08 Å². The maximum Gasteiger partial charge on any atom is 0.317 e. The molecule has 2 N–H and O–H groups in total. The zero-order valence-corrected chi connectivity index (χ0v) is 10.9. The molecule has 0 bridgehead atoms. The van der Waals surface area contributed by atoms with Gasteiger partial charge in [0.25, 0.3) is 0 Å². The Kier molecular flexibility index (Phi) is 5.85.